The number of hydrogen-bond donors (Lipinski definition) is 2. The predicted molar refractivity (Wildman–Crippen MR) is 38.4 cm³/mol. The molecule has 0 spiro atoms. The Bertz CT molecular complexity index is 59.9. The quantitative estimate of drug-likeness (QED) is 0.546. The molecule has 0 aromatic heterocycles. The molecule has 50 valence electrons. The molecule has 0 amide bonds. The van der Waals surface area contributed by atoms with Gasteiger partial charge in [0.05, 0.1) is 0 Å². The zero-order valence-electron chi connectivity index (χ0n) is 5.86. The fourth-order valence-corrected chi connectivity index (χ4v) is 1.29. The van der Waals surface area contributed by atoms with E-state index in [0.29, 0.717) is 0 Å². The normalized spacial score (nSPS) is 12.0. The van der Waals surface area contributed by atoms with Crippen LogP contribution in [0.15, 0.2) is 0 Å². The maximum atomic E-state index is 9.25. The fraction of sp³-hybridized carbons (Fsp3) is 1.00. The van der Waals surface area contributed by atoms with Crippen LogP contribution in [-0.2, 0) is 0 Å². The van der Waals surface area contributed by atoms with Gasteiger partial charge in [-0.05, 0) is 32.7 Å². The Kier molecular flexibility index (Phi) is 3.27. The highest BCUT2D eigenvalue weighted by atomic mass is 28.4. The van der Waals surface area contributed by atoms with Gasteiger partial charge in [0.25, 0.3) is 0 Å². The van der Waals surface area contributed by atoms with Crippen molar-refractivity contribution in [3.63, 3.8) is 0 Å². The molecule has 3 heteroatoms. The molecule has 8 heavy (non-hydrogen) atoms. The minimum atomic E-state index is -1.74. The summed E-state index contributed by atoms with van der Waals surface area (Å²) in [4.78, 5) is 9.25. The second-order valence-corrected chi connectivity index (χ2v) is 6.79. The van der Waals surface area contributed by atoms with Crippen molar-refractivity contribution in [3.05, 3.63) is 0 Å². The topological polar surface area (TPSA) is 32.3 Å². The lowest BCUT2D eigenvalue weighted by Crippen LogP contribution is -2.29. The van der Waals surface area contributed by atoms with Gasteiger partial charge >= 0.3 is 0 Å². The van der Waals surface area contributed by atoms with Crippen molar-refractivity contribution in [2.45, 2.75) is 19.1 Å². The number of rotatable bonds is 3. The van der Waals surface area contributed by atoms with Crippen LogP contribution in [0.3, 0.4) is 0 Å². The molecular weight excluding hydrogens is 118 g/mol. The van der Waals surface area contributed by atoms with Gasteiger partial charge in [-0.25, -0.2) is 0 Å². The number of hydrogen-bond acceptors (Lipinski definition) is 2. The first kappa shape index (κ1) is 8.14. The van der Waals surface area contributed by atoms with Gasteiger partial charge in [-0.2, -0.15) is 0 Å². The monoisotopic (exact) mass is 133 g/mol. The van der Waals surface area contributed by atoms with E-state index in [1.807, 2.05) is 20.1 Å². The maximum Gasteiger partial charge on any atom is 0.183 e. The average molecular weight is 133 g/mol. The molecule has 0 aromatic carbocycles. The van der Waals surface area contributed by atoms with Gasteiger partial charge in [0.15, 0.2) is 8.32 Å². The van der Waals surface area contributed by atoms with E-state index in [0.717, 1.165) is 12.6 Å². The van der Waals surface area contributed by atoms with E-state index in [1.165, 1.54) is 0 Å². The van der Waals surface area contributed by atoms with Crippen LogP contribution in [0, 0.1) is 0 Å². The van der Waals surface area contributed by atoms with Gasteiger partial charge < -0.3 is 10.1 Å². The Morgan fingerprint density at radius 2 is 2.00 bits per heavy atom. The van der Waals surface area contributed by atoms with Crippen molar-refractivity contribution in [3.8, 4) is 0 Å². The molecule has 0 bridgehead atoms. The molecule has 2 nitrogen and oxygen atoms in total. The predicted octanol–water partition coefficient (Wildman–Crippen LogP) is 0.403. The van der Waals surface area contributed by atoms with E-state index >= 15 is 0 Å². The largest absolute Gasteiger partial charge is 0.432 e. The summed E-state index contributed by atoms with van der Waals surface area (Å²) in [7, 11) is 0.162. The Morgan fingerprint density at radius 1 is 1.50 bits per heavy atom. The molecule has 0 saturated heterocycles. The summed E-state index contributed by atoms with van der Waals surface area (Å²) < 4.78 is 0. The minimum absolute atomic E-state index is 0.940. The summed E-state index contributed by atoms with van der Waals surface area (Å²) in [6.45, 7) is 4.84. The molecule has 0 radical (unpaired) electrons. The first-order valence-electron chi connectivity index (χ1n) is 2.93. The summed E-state index contributed by atoms with van der Waals surface area (Å²) in [6, 6.07) is 0.948. The van der Waals surface area contributed by atoms with Crippen molar-refractivity contribution in [2.24, 2.45) is 0 Å². The molecule has 2 N–H and O–H groups in total. The highest BCUT2D eigenvalue weighted by Gasteiger charge is 2.14. The fourth-order valence-electron chi connectivity index (χ4n) is 0.431. The highest BCUT2D eigenvalue weighted by Crippen LogP contribution is 2.00. The van der Waals surface area contributed by atoms with E-state index in [9.17, 15) is 4.80 Å². The summed E-state index contributed by atoms with van der Waals surface area (Å²) in [5.41, 5.74) is 0. The molecule has 0 fully saturated rings. The Labute approximate surface area is 52.0 Å². The van der Waals surface area contributed by atoms with Crippen molar-refractivity contribution in [1.82, 2.24) is 5.32 Å². The van der Waals surface area contributed by atoms with Crippen molar-refractivity contribution < 1.29 is 4.80 Å². The first-order chi connectivity index (χ1) is 3.56. The molecule has 0 aromatic rings. The Hall–Kier alpha value is 0.137. The zero-order valence-corrected chi connectivity index (χ0v) is 6.86. The van der Waals surface area contributed by atoms with Crippen molar-refractivity contribution >= 4 is 8.32 Å². The Balaban J connectivity index is 3.11. The SMILES string of the molecule is CNCC[Si](C)(C)O. The molecular formula is C5H15NOSi. The standard InChI is InChI=1S/C5H15NOSi/c1-6-4-5-8(2,3)7/h6-7H,4-5H2,1-3H3. The molecule has 0 saturated carbocycles. The Morgan fingerprint density at radius 3 is 2.12 bits per heavy atom. The van der Waals surface area contributed by atoms with Gasteiger partial charge in [0.2, 0.25) is 0 Å². The second-order valence-electron chi connectivity index (χ2n) is 2.67. The van der Waals surface area contributed by atoms with E-state index in [1.54, 1.807) is 0 Å². The van der Waals surface area contributed by atoms with Crippen molar-refractivity contribution in [2.75, 3.05) is 13.6 Å². The first-order valence-corrected chi connectivity index (χ1v) is 6.09. The van der Waals surface area contributed by atoms with Gasteiger partial charge in [-0.1, -0.05) is 0 Å². The lowest BCUT2D eigenvalue weighted by molar-refractivity contribution is 0.545. The third-order valence-corrected chi connectivity index (χ3v) is 2.46. The van der Waals surface area contributed by atoms with E-state index in [-0.39, 0.29) is 0 Å². The van der Waals surface area contributed by atoms with Gasteiger partial charge in [0, 0.05) is 0 Å². The maximum absolute atomic E-state index is 9.25. The molecule has 0 aliphatic rings. The summed E-state index contributed by atoms with van der Waals surface area (Å²) in [6.07, 6.45) is 0. The molecule has 0 heterocycles. The molecule has 0 aliphatic carbocycles. The van der Waals surface area contributed by atoms with Gasteiger partial charge in [0.1, 0.15) is 0 Å². The zero-order chi connectivity index (χ0) is 6.62. The highest BCUT2D eigenvalue weighted by molar-refractivity contribution is 6.69. The second kappa shape index (κ2) is 3.22. The van der Waals surface area contributed by atoms with E-state index in [4.69, 9.17) is 0 Å². The lowest BCUT2D eigenvalue weighted by Gasteiger charge is -2.11. The van der Waals surface area contributed by atoms with Crippen LogP contribution in [-0.4, -0.2) is 26.7 Å². The van der Waals surface area contributed by atoms with Crippen LogP contribution in [0.1, 0.15) is 0 Å². The minimum Gasteiger partial charge on any atom is -0.432 e. The molecule has 0 atom stereocenters. The lowest BCUT2D eigenvalue weighted by atomic mass is 10.8. The summed E-state index contributed by atoms with van der Waals surface area (Å²) in [5, 5.41) is 3.00. The smallest absolute Gasteiger partial charge is 0.183 e. The van der Waals surface area contributed by atoms with Crippen LogP contribution in [0.25, 0.3) is 0 Å². The number of nitrogens with one attached hydrogen (secondary N) is 1. The van der Waals surface area contributed by atoms with Crippen molar-refractivity contribution in [1.29, 1.82) is 0 Å². The van der Waals surface area contributed by atoms with Gasteiger partial charge in [-0.3, -0.25) is 0 Å². The summed E-state index contributed by atoms with van der Waals surface area (Å²) in [5.74, 6) is 0. The third-order valence-electron chi connectivity index (χ3n) is 0.987. The van der Waals surface area contributed by atoms with Crippen LogP contribution < -0.4 is 5.32 Å². The third kappa shape index (κ3) is 6.14. The molecule has 0 aliphatic heterocycles. The average Bonchev–Trinajstić information content (AvgIpc) is 1.59. The van der Waals surface area contributed by atoms with Crippen LogP contribution in [0.2, 0.25) is 19.1 Å². The van der Waals surface area contributed by atoms with Gasteiger partial charge in [-0.15, -0.1) is 0 Å². The summed E-state index contributed by atoms with van der Waals surface area (Å²) >= 11 is 0. The molecule has 0 rings (SSSR count). The van der Waals surface area contributed by atoms with Crippen LogP contribution >= 0.6 is 0 Å². The van der Waals surface area contributed by atoms with Crippen LogP contribution in [0.4, 0.5) is 0 Å². The van der Waals surface area contributed by atoms with E-state index in [2.05, 4.69) is 5.32 Å². The molecule has 0 unspecified atom stereocenters. The van der Waals surface area contributed by atoms with E-state index < -0.39 is 8.32 Å². The van der Waals surface area contributed by atoms with Crippen LogP contribution in [0.5, 0.6) is 0 Å².